The first-order chi connectivity index (χ1) is 17.5. The molecule has 0 bridgehead atoms. The number of benzene rings is 2. The van der Waals surface area contributed by atoms with Crippen LogP contribution >= 0.6 is 0 Å². The molecule has 0 fully saturated rings. The van der Waals surface area contributed by atoms with Gasteiger partial charge in [-0.15, -0.1) is 0 Å². The van der Waals surface area contributed by atoms with Crippen molar-refractivity contribution in [1.29, 1.82) is 10.5 Å². The number of carbonyl (C=O) groups excluding carboxylic acids is 1. The molecule has 0 N–H and O–H groups in total. The molecule has 2 aromatic rings. The summed E-state index contributed by atoms with van der Waals surface area (Å²) in [6.07, 6.45) is 1.28. The Kier molecular flexibility index (Phi) is 16.4. The summed E-state index contributed by atoms with van der Waals surface area (Å²) in [4.78, 5) is 11.3. The highest BCUT2D eigenvalue weighted by Crippen LogP contribution is 2.45. The number of hydrogen-bond donors (Lipinski definition) is 0. The Morgan fingerprint density at radius 1 is 1.00 bits per heavy atom. The number of allylic oxidation sites excluding steroid dienone is 1. The third-order valence-electron chi connectivity index (χ3n) is 4.21. The van der Waals surface area contributed by atoms with Crippen molar-refractivity contribution < 1.29 is 19.0 Å². The molecule has 0 amide bonds. The number of nitriles is 2. The number of para-hydroxylation sites is 1. The maximum Gasteiger partial charge on any atom is 0.333 e. The molecule has 0 saturated heterocycles. The van der Waals surface area contributed by atoms with Gasteiger partial charge in [0.05, 0.1) is 21.1 Å². The first kappa shape index (κ1) is 32.0. The van der Waals surface area contributed by atoms with Gasteiger partial charge in [-0.1, -0.05) is 65.7 Å². The van der Waals surface area contributed by atoms with Gasteiger partial charge in [0.1, 0.15) is 35.0 Å². The zero-order valence-electron chi connectivity index (χ0n) is 22.2. The van der Waals surface area contributed by atoms with E-state index in [2.05, 4.69) is 6.58 Å². The zero-order valence-corrected chi connectivity index (χ0v) is 22.2. The maximum atomic E-state index is 11.3. The van der Waals surface area contributed by atoms with Crippen molar-refractivity contribution in [1.82, 2.24) is 0 Å². The minimum atomic E-state index is -0.420. The fourth-order valence-electron chi connectivity index (χ4n) is 2.85. The molecule has 0 aromatic heterocycles. The van der Waals surface area contributed by atoms with Crippen LogP contribution in [0.2, 0.25) is 6.32 Å². The van der Waals surface area contributed by atoms with Gasteiger partial charge in [0.15, 0.2) is 0 Å². The predicted molar refractivity (Wildman–Crippen MR) is 145 cm³/mol. The van der Waals surface area contributed by atoms with E-state index >= 15 is 0 Å². The summed E-state index contributed by atoms with van der Waals surface area (Å²) in [5.74, 6) is 1.23. The lowest BCUT2D eigenvalue weighted by atomic mass is 9.90. The monoisotopic (exact) mass is 486 g/mol. The lowest BCUT2D eigenvalue weighted by Crippen LogP contribution is -2.09. The summed E-state index contributed by atoms with van der Waals surface area (Å²) < 4.78 is 16.7. The molecule has 2 aromatic carbocycles. The van der Waals surface area contributed by atoms with Crippen LogP contribution in [0.4, 0.5) is 0 Å². The molecule has 0 unspecified atom stereocenters. The topological polar surface area (TPSA) is 92.3 Å². The number of esters is 1. The van der Waals surface area contributed by atoms with Crippen LogP contribution in [0.1, 0.15) is 59.1 Å². The Labute approximate surface area is 217 Å². The first-order valence-corrected chi connectivity index (χ1v) is 12.1. The summed E-state index contributed by atoms with van der Waals surface area (Å²) in [5, 5.41) is 18.8. The molecule has 0 atom stereocenters. The van der Waals surface area contributed by atoms with Crippen molar-refractivity contribution in [3.8, 4) is 29.4 Å². The van der Waals surface area contributed by atoms with Crippen molar-refractivity contribution in [2.45, 2.75) is 54.3 Å². The highest BCUT2D eigenvalue weighted by atomic mass is 16.5. The molecule has 3 rings (SSSR count). The van der Waals surface area contributed by atoms with Crippen molar-refractivity contribution in [3.05, 3.63) is 71.3 Å². The van der Waals surface area contributed by atoms with Gasteiger partial charge in [-0.3, -0.25) is 0 Å². The quantitative estimate of drug-likeness (QED) is 0.121. The number of fused-ring (bicyclic) bond motifs is 2. The van der Waals surface area contributed by atoms with Gasteiger partial charge in [-0.25, -0.2) is 4.79 Å². The largest absolute Gasteiger partial charge is 0.493 e. The van der Waals surface area contributed by atoms with Crippen LogP contribution in [0.15, 0.2) is 60.2 Å². The number of ether oxygens (including phenoxy) is 3. The molecular weight excluding hydrogens is 451 g/mol. The Morgan fingerprint density at radius 3 is 2.17 bits per heavy atom. The van der Waals surface area contributed by atoms with Crippen LogP contribution in [0.3, 0.4) is 0 Å². The average Bonchev–Trinajstić information content (AvgIpc) is 2.91. The van der Waals surface area contributed by atoms with Gasteiger partial charge in [0, 0.05) is 34.8 Å². The first-order valence-electron chi connectivity index (χ1n) is 12.1. The van der Waals surface area contributed by atoms with E-state index in [-0.39, 0.29) is 12.2 Å². The Hall–Kier alpha value is -3.97. The highest BCUT2D eigenvalue weighted by Gasteiger charge is 2.25. The molecule has 36 heavy (non-hydrogen) atoms. The lowest BCUT2D eigenvalue weighted by molar-refractivity contribution is -0.139. The molecule has 7 heteroatoms. The summed E-state index contributed by atoms with van der Waals surface area (Å²) in [7, 11) is 4.85. The van der Waals surface area contributed by atoms with Crippen LogP contribution in [0.25, 0.3) is 5.57 Å². The van der Waals surface area contributed by atoms with Gasteiger partial charge in [0.2, 0.25) is 0 Å². The van der Waals surface area contributed by atoms with Crippen LogP contribution in [-0.2, 0) is 9.53 Å². The number of carbonyl (C=O) groups is 1. The van der Waals surface area contributed by atoms with Crippen molar-refractivity contribution in [3.63, 3.8) is 0 Å². The fraction of sp³-hybridized carbons (Fsp3) is 0.345. The Balaban J connectivity index is 0.00000159. The minimum Gasteiger partial charge on any atom is -0.493 e. The van der Waals surface area contributed by atoms with Gasteiger partial charge in [-0.05, 0) is 25.1 Å². The van der Waals surface area contributed by atoms with E-state index in [0.29, 0.717) is 52.5 Å². The van der Waals surface area contributed by atoms with Crippen molar-refractivity contribution >= 4 is 19.4 Å². The molecule has 1 heterocycles. The highest BCUT2D eigenvalue weighted by molar-refractivity contribution is 6.08. The van der Waals surface area contributed by atoms with E-state index in [1.807, 2.05) is 65.0 Å². The lowest BCUT2D eigenvalue weighted by Gasteiger charge is -2.23. The van der Waals surface area contributed by atoms with Gasteiger partial charge >= 0.3 is 5.97 Å². The Morgan fingerprint density at radius 2 is 1.58 bits per heavy atom. The van der Waals surface area contributed by atoms with Crippen molar-refractivity contribution in [2.24, 2.45) is 0 Å². The van der Waals surface area contributed by atoms with E-state index < -0.39 is 5.97 Å². The second kappa shape index (κ2) is 18.4. The third-order valence-corrected chi connectivity index (χ3v) is 4.21. The summed E-state index contributed by atoms with van der Waals surface area (Å²) in [6.45, 7) is 15.6. The van der Waals surface area contributed by atoms with Crippen LogP contribution in [0.5, 0.6) is 17.2 Å². The maximum absolute atomic E-state index is 11.3. The summed E-state index contributed by atoms with van der Waals surface area (Å²) >= 11 is 0. The van der Waals surface area contributed by atoms with Gasteiger partial charge in [-0.2, -0.15) is 10.5 Å². The molecule has 0 spiro atoms. The minimum absolute atomic E-state index is 0.0231. The van der Waals surface area contributed by atoms with Gasteiger partial charge in [0.25, 0.3) is 0 Å². The van der Waals surface area contributed by atoms with E-state index in [1.54, 1.807) is 31.2 Å². The molecule has 0 saturated carbocycles. The molecule has 0 aliphatic carbocycles. The molecule has 1 aliphatic heterocycles. The van der Waals surface area contributed by atoms with E-state index in [0.717, 1.165) is 6.32 Å². The fourth-order valence-corrected chi connectivity index (χ4v) is 2.85. The molecular formula is C29H35BN2O4. The van der Waals surface area contributed by atoms with E-state index in [1.165, 1.54) is 0 Å². The number of hydrogen-bond acceptors (Lipinski definition) is 6. The predicted octanol–water partition coefficient (Wildman–Crippen LogP) is 7.18. The van der Waals surface area contributed by atoms with E-state index in [9.17, 15) is 15.3 Å². The Bertz CT molecular complexity index is 1090. The standard InChI is InChI=1S/C23H18N2O4.C2H5B.2C2H6/c1-15(2)23(26)28-11-5-10-27-17-8-9-19-21(12-17)29-20-7-4-3-6-18(20)22(19)16(13-24)14-25;1-2-3;2*1-2/h3-4,6-9,12H,1,5,10-11H2,2H3;2H2,1H3;2*1-2H3. The van der Waals surface area contributed by atoms with Crippen LogP contribution < -0.4 is 9.47 Å². The average molecular weight is 486 g/mol. The van der Waals surface area contributed by atoms with Crippen molar-refractivity contribution in [2.75, 3.05) is 13.2 Å². The van der Waals surface area contributed by atoms with Gasteiger partial charge < -0.3 is 14.2 Å². The van der Waals surface area contributed by atoms with E-state index in [4.69, 9.17) is 22.1 Å². The SMILES string of the molecule is C=C(C)C(=O)OCCCOc1ccc2c(c1)Oc1ccccc1C2=C(C#N)C#N.CC.CC.[B]CC. The molecule has 6 nitrogen and oxygen atoms in total. The second-order valence-corrected chi connectivity index (χ2v) is 6.76. The second-order valence-electron chi connectivity index (χ2n) is 6.76. The molecule has 1 aliphatic rings. The third kappa shape index (κ3) is 9.35. The number of rotatable bonds is 6. The zero-order chi connectivity index (χ0) is 27.5. The number of nitrogens with zero attached hydrogens (tertiary/aromatic N) is 2. The normalized spacial score (nSPS) is 9.72. The van der Waals surface area contributed by atoms with Crippen LogP contribution in [0, 0.1) is 22.7 Å². The smallest absolute Gasteiger partial charge is 0.333 e. The molecule has 2 radical (unpaired) electrons. The molecule has 188 valence electrons. The summed E-state index contributed by atoms with van der Waals surface area (Å²) in [5.41, 5.74) is 2.28. The van der Waals surface area contributed by atoms with Crippen LogP contribution in [-0.4, -0.2) is 27.0 Å². The summed E-state index contributed by atoms with van der Waals surface area (Å²) in [6, 6.07) is 16.4.